The van der Waals surface area contributed by atoms with Gasteiger partial charge in [-0.3, -0.25) is 4.79 Å². The molecule has 0 aliphatic heterocycles. The average molecular weight is 303 g/mol. The first kappa shape index (κ1) is 16.3. The molecule has 0 saturated heterocycles. The Labute approximate surface area is 124 Å². The van der Waals surface area contributed by atoms with Gasteiger partial charge < -0.3 is 10.6 Å². The van der Waals surface area contributed by atoms with Crippen LogP contribution in [0.5, 0.6) is 0 Å². The minimum absolute atomic E-state index is 0.117. The van der Waals surface area contributed by atoms with Crippen LogP contribution in [0.25, 0.3) is 0 Å². The van der Waals surface area contributed by atoms with Crippen molar-refractivity contribution in [1.29, 1.82) is 0 Å². The predicted octanol–water partition coefficient (Wildman–Crippen LogP) is 3.47. The molecule has 5 heteroatoms. The second-order valence-corrected chi connectivity index (χ2v) is 5.57. The van der Waals surface area contributed by atoms with Crippen LogP contribution >= 0.6 is 23.2 Å². The monoisotopic (exact) mass is 302 g/mol. The van der Waals surface area contributed by atoms with Crippen molar-refractivity contribution >= 4 is 29.1 Å². The highest BCUT2D eigenvalue weighted by atomic mass is 35.5. The number of carbonyl (C=O) groups is 1. The van der Waals surface area contributed by atoms with Gasteiger partial charge in [-0.15, -0.1) is 0 Å². The zero-order valence-electron chi connectivity index (χ0n) is 11.3. The SMILES string of the molecule is CC(C)N(Cc1ccc(Cl)c(Cl)c1)C(=O)CCCN. The maximum absolute atomic E-state index is 12.1. The van der Waals surface area contributed by atoms with Gasteiger partial charge in [0, 0.05) is 19.0 Å². The summed E-state index contributed by atoms with van der Waals surface area (Å²) in [5, 5.41) is 1.04. The summed E-state index contributed by atoms with van der Waals surface area (Å²) in [6.45, 7) is 5.07. The standard InChI is InChI=1S/C14H20Cl2N2O/c1-10(2)18(14(19)4-3-7-17)9-11-5-6-12(15)13(16)8-11/h5-6,8,10H,3-4,7,9,17H2,1-2H3. The van der Waals surface area contributed by atoms with Gasteiger partial charge in [0.25, 0.3) is 0 Å². The number of benzene rings is 1. The van der Waals surface area contributed by atoms with Crippen molar-refractivity contribution in [2.45, 2.75) is 39.3 Å². The molecular weight excluding hydrogens is 283 g/mol. The number of nitrogens with zero attached hydrogens (tertiary/aromatic N) is 1. The zero-order chi connectivity index (χ0) is 14.4. The number of nitrogens with two attached hydrogens (primary N) is 1. The van der Waals surface area contributed by atoms with Crippen LogP contribution in [0.3, 0.4) is 0 Å². The van der Waals surface area contributed by atoms with Crippen LogP contribution in [-0.2, 0) is 11.3 Å². The van der Waals surface area contributed by atoms with E-state index in [9.17, 15) is 4.79 Å². The van der Waals surface area contributed by atoms with E-state index in [1.807, 2.05) is 24.8 Å². The molecule has 0 radical (unpaired) electrons. The normalized spacial score (nSPS) is 10.8. The Kier molecular flexibility index (Phi) is 6.63. The quantitative estimate of drug-likeness (QED) is 0.874. The molecule has 3 nitrogen and oxygen atoms in total. The summed E-state index contributed by atoms with van der Waals surface area (Å²) < 4.78 is 0. The fourth-order valence-corrected chi connectivity index (χ4v) is 2.11. The molecule has 0 aliphatic rings. The Bertz CT molecular complexity index is 435. The lowest BCUT2D eigenvalue weighted by Crippen LogP contribution is -2.36. The number of hydrogen-bond acceptors (Lipinski definition) is 2. The second-order valence-electron chi connectivity index (χ2n) is 4.76. The summed E-state index contributed by atoms with van der Waals surface area (Å²) in [7, 11) is 0. The van der Waals surface area contributed by atoms with Crippen LogP contribution in [0.2, 0.25) is 10.0 Å². The minimum atomic E-state index is 0.117. The summed E-state index contributed by atoms with van der Waals surface area (Å²) in [6.07, 6.45) is 1.19. The smallest absolute Gasteiger partial charge is 0.223 e. The van der Waals surface area contributed by atoms with Gasteiger partial charge in [-0.05, 0) is 44.5 Å². The van der Waals surface area contributed by atoms with E-state index in [1.54, 1.807) is 12.1 Å². The third kappa shape index (κ3) is 5.01. The first-order chi connectivity index (χ1) is 8.95. The number of halogens is 2. The van der Waals surface area contributed by atoms with Gasteiger partial charge in [-0.25, -0.2) is 0 Å². The first-order valence-corrected chi connectivity index (χ1v) is 7.14. The summed E-state index contributed by atoms with van der Waals surface area (Å²) >= 11 is 11.9. The Morgan fingerprint density at radius 1 is 1.32 bits per heavy atom. The number of carbonyl (C=O) groups excluding carboxylic acids is 1. The second kappa shape index (κ2) is 7.73. The molecule has 1 aromatic carbocycles. The highest BCUT2D eigenvalue weighted by Gasteiger charge is 2.17. The maximum Gasteiger partial charge on any atom is 0.223 e. The molecule has 0 bridgehead atoms. The molecule has 1 rings (SSSR count). The van der Waals surface area contributed by atoms with Crippen LogP contribution in [-0.4, -0.2) is 23.4 Å². The molecule has 106 valence electrons. The van der Waals surface area contributed by atoms with Crippen molar-refractivity contribution in [3.63, 3.8) is 0 Å². The molecule has 0 aromatic heterocycles. The van der Waals surface area contributed by atoms with Crippen molar-refractivity contribution in [2.24, 2.45) is 5.73 Å². The molecule has 2 N–H and O–H groups in total. The lowest BCUT2D eigenvalue weighted by Gasteiger charge is -2.27. The summed E-state index contributed by atoms with van der Waals surface area (Å²) in [5.74, 6) is 0.117. The Morgan fingerprint density at radius 3 is 2.53 bits per heavy atom. The van der Waals surface area contributed by atoms with E-state index in [0.717, 1.165) is 5.56 Å². The molecule has 1 amide bonds. The summed E-state index contributed by atoms with van der Waals surface area (Å²) in [5.41, 5.74) is 6.42. The predicted molar refractivity (Wildman–Crippen MR) is 80.4 cm³/mol. The van der Waals surface area contributed by atoms with Crippen LogP contribution < -0.4 is 5.73 Å². The highest BCUT2D eigenvalue weighted by Crippen LogP contribution is 2.23. The maximum atomic E-state index is 12.1. The van der Waals surface area contributed by atoms with Gasteiger partial charge in [-0.2, -0.15) is 0 Å². The van der Waals surface area contributed by atoms with Crippen LogP contribution in [0.1, 0.15) is 32.3 Å². The fourth-order valence-electron chi connectivity index (χ4n) is 1.79. The van der Waals surface area contributed by atoms with Crippen LogP contribution in [0, 0.1) is 0 Å². The third-order valence-electron chi connectivity index (χ3n) is 2.88. The van der Waals surface area contributed by atoms with Gasteiger partial charge in [0.05, 0.1) is 10.0 Å². The molecular formula is C14H20Cl2N2O. The molecule has 0 unspecified atom stereocenters. The Balaban J connectivity index is 2.77. The Morgan fingerprint density at radius 2 is 2.00 bits per heavy atom. The lowest BCUT2D eigenvalue weighted by molar-refractivity contribution is -0.133. The van der Waals surface area contributed by atoms with Gasteiger partial charge >= 0.3 is 0 Å². The van der Waals surface area contributed by atoms with Crippen molar-refractivity contribution in [3.05, 3.63) is 33.8 Å². The topological polar surface area (TPSA) is 46.3 Å². The van der Waals surface area contributed by atoms with Gasteiger partial charge in [0.1, 0.15) is 0 Å². The fraction of sp³-hybridized carbons (Fsp3) is 0.500. The van der Waals surface area contributed by atoms with Gasteiger partial charge in [0.2, 0.25) is 5.91 Å². The van der Waals surface area contributed by atoms with E-state index in [2.05, 4.69) is 0 Å². The van der Waals surface area contributed by atoms with E-state index >= 15 is 0 Å². The lowest BCUT2D eigenvalue weighted by atomic mass is 10.1. The first-order valence-electron chi connectivity index (χ1n) is 6.39. The molecule has 19 heavy (non-hydrogen) atoms. The van der Waals surface area contributed by atoms with Gasteiger partial charge in [0.15, 0.2) is 0 Å². The summed E-state index contributed by atoms with van der Waals surface area (Å²) in [6, 6.07) is 5.58. The zero-order valence-corrected chi connectivity index (χ0v) is 12.8. The van der Waals surface area contributed by atoms with Crippen molar-refractivity contribution in [3.8, 4) is 0 Å². The van der Waals surface area contributed by atoms with Crippen LogP contribution in [0.15, 0.2) is 18.2 Å². The number of hydrogen-bond donors (Lipinski definition) is 1. The largest absolute Gasteiger partial charge is 0.336 e. The summed E-state index contributed by atoms with van der Waals surface area (Å²) in [4.78, 5) is 13.9. The molecule has 0 atom stereocenters. The van der Waals surface area contributed by atoms with Crippen LogP contribution in [0.4, 0.5) is 0 Å². The molecule has 0 heterocycles. The number of rotatable bonds is 6. The Hall–Kier alpha value is -0.770. The number of amides is 1. The molecule has 1 aromatic rings. The van der Waals surface area contributed by atoms with Crippen molar-refractivity contribution < 1.29 is 4.79 Å². The molecule has 0 saturated carbocycles. The van der Waals surface area contributed by atoms with E-state index in [0.29, 0.717) is 36.0 Å². The molecule has 0 aliphatic carbocycles. The average Bonchev–Trinajstić information content (AvgIpc) is 2.36. The van der Waals surface area contributed by atoms with Crippen molar-refractivity contribution in [1.82, 2.24) is 4.90 Å². The third-order valence-corrected chi connectivity index (χ3v) is 3.61. The van der Waals surface area contributed by atoms with E-state index in [4.69, 9.17) is 28.9 Å². The van der Waals surface area contributed by atoms with Gasteiger partial charge in [-0.1, -0.05) is 29.3 Å². The highest BCUT2D eigenvalue weighted by molar-refractivity contribution is 6.42. The minimum Gasteiger partial charge on any atom is -0.336 e. The van der Waals surface area contributed by atoms with Crippen molar-refractivity contribution in [2.75, 3.05) is 6.54 Å². The van der Waals surface area contributed by atoms with E-state index < -0.39 is 0 Å². The van der Waals surface area contributed by atoms with E-state index in [1.165, 1.54) is 0 Å². The molecule has 0 fully saturated rings. The van der Waals surface area contributed by atoms with E-state index in [-0.39, 0.29) is 11.9 Å². The molecule has 0 spiro atoms.